The second kappa shape index (κ2) is 6.18. The van der Waals surface area contributed by atoms with Crippen LogP contribution >= 0.6 is 0 Å². The molecule has 2 aromatic rings. The lowest BCUT2D eigenvalue weighted by molar-refractivity contribution is 0.224. The molecule has 0 radical (unpaired) electrons. The van der Waals surface area contributed by atoms with Gasteiger partial charge in [-0.1, -0.05) is 26.0 Å². The first-order valence-electron chi connectivity index (χ1n) is 8.36. The van der Waals surface area contributed by atoms with Crippen molar-refractivity contribution in [3.05, 3.63) is 30.1 Å². The summed E-state index contributed by atoms with van der Waals surface area (Å²) in [6.07, 6.45) is 3.95. The molecule has 1 aromatic heterocycles. The van der Waals surface area contributed by atoms with E-state index >= 15 is 0 Å². The number of nitrogens with one attached hydrogen (secondary N) is 1. The number of rotatable bonds is 4. The lowest BCUT2D eigenvalue weighted by Crippen LogP contribution is -2.36. The summed E-state index contributed by atoms with van der Waals surface area (Å²) in [7, 11) is 0. The van der Waals surface area contributed by atoms with Crippen LogP contribution in [0.5, 0.6) is 0 Å². The molecule has 0 aliphatic heterocycles. The van der Waals surface area contributed by atoms with E-state index in [2.05, 4.69) is 54.9 Å². The van der Waals surface area contributed by atoms with E-state index in [1.807, 2.05) is 0 Å². The summed E-state index contributed by atoms with van der Waals surface area (Å²) < 4.78 is 2.33. The predicted molar refractivity (Wildman–Crippen MR) is 88.2 cm³/mol. The van der Waals surface area contributed by atoms with E-state index in [-0.39, 0.29) is 0 Å². The highest BCUT2D eigenvalue weighted by Gasteiger charge is 2.24. The van der Waals surface area contributed by atoms with Crippen molar-refractivity contribution in [2.75, 3.05) is 0 Å². The number of hydrogen-bond donors (Lipinski definition) is 1. The zero-order valence-electron chi connectivity index (χ0n) is 13.5. The van der Waals surface area contributed by atoms with Crippen LogP contribution in [0.2, 0.25) is 0 Å². The van der Waals surface area contributed by atoms with Crippen LogP contribution in [0.25, 0.3) is 11.0 Å². The first-order chi connectivity index (χ1) is 10.2. The summed E-state index contributed by atoms with van der Waals surface area (Å²) in [6, 6.07) is 9.09. The molecule has 1 N–H and O–H groups in total. The molecule has 3 heteroatoms. The van der Waals surface area contributed by atoms with E-state index in [9.17, 15) is 0 Å². The van der Waals surface area contributed by atoms with Crippen LogP contribution in [-0.2, 0) is 13.1 Å². The average Bonchev–Trinajstić information content (AvgIpc) is 2.86. The van der Waals surface area contributed by atoms with Crippen molar-refractivity contribution < 1.29 is 0 Å². The van der Waals surface area contributed by atoms with Gasteiger partial charge in [-0.05, 0) is 50.2 Å². The molecule has 0 amide bonds. The third-order valence-electron chi connectivity index (χ3n) is 5.20. The van der Waals surface area contributed by atoms with Crippen molar-refractivity contribution >= 4 is 11.0 Å². The average molecular weight is 285 g/mol. The Morgan fingerprint density at radius 2 is 2.00 bits per heavy atom. The normalized spacial score (nSPS) is 26.3. The summed E-state index contributed by atoms with van der Waals surface area (Å²) >= 11 is 0. The monoisotopic (exact) mass is 285 g/mol. The highest BCUT2D eigenvalue weighted by atomic mass is 15.1. The van der Waals surface area contributed by atoms with Crippen LogP contribution in [0.3, 0.4) is 0 Å². The van der Waals surface area contributed by atoms with Crippen molar-refractivity contribution in [1.82, 2.24) is 14.9 Å². The molecule has 0 spiro atoms. The number of nitrogens with zero attached hydrogens (tertiary/aromatic N) is 2. The van der Waals surface area contributed by atoms with Gasteiger partial charge in [-0.15, -0.1) is 0 Å². The smallest absolute Gasteiger partial charge is 0.123 e. The van der Waals surface area contributed by atoms with E-state index in [4.69, 9.17) is 4.98 Å². The topological polar surface area (TPSA) is 29.9 Å². The molecule has 1 fully saturated rings. The van der Waals surface area contributed by atoms with Gasteiger partial charge in [-0.25, -0.2) is 4.98 Å². The molecule has 1 aliphatic rings. The molecular weight excluding hydrogens is 258 g/mol. The van der Waals surface area contributed by atoms with Crippen LogP contribution in [0.1, 0.15) is 45.9 Å². The summed E-state index contributed by atoms with van der Waals surface area (Å²) in [5.41, 5.74) is 2.37. The standard InChI is InChI=1S/C18H27N3/c1-4-21-17-8-6-5-7-16(17)20-18(21)12-19-15-10-9-13(2)14(3)11-15/h5-8,13-15,19H,4,9-12H2,1-3H3. The summed E-state index contributed by atoms with van der Waals surface area (Å²) in [5.74, 6) is 2.88. The van der Waals surface area contributed by atoms with Gasteiger partial charge in [0.25, 0.3) is 0 Å². The molecule has 0 bridgehead atoms. The molecule has 1 aromatic carbocycles. The summed E-state index contributed by atoms with van der Waals surface area (Å²) in [4.78, 5) is 4.80. The molecule has 3 unspecified atom stereocenters. The number of aromatic nitrogens is 2. The Balaban J connectivity index is 1.70. The Labute approximate surface area is 127 Å². The minimum Gasteiger partial charge on any atom is -0.327 e. The predicted octanol–water partition coefficient (Wildman–Crippen LogP) is 3.97. The maximum atomic E-state index is 4.80. The van der Waals surface area contributed by atoms with Gasteiger partial charge in [0.1, 0.15) is 5.82 Å². The fourth-order valence-electron chi connectivity index (χ4n) is 3.58. The molecule has 3 nitrogen and oxygen atoms in total. The van der Waals surface area contributed by atoms with Crippen LogP contribution in [0, 0.1) is 11.8 Å². The maximum absolute atomic E-state index is 4.80. The van der Waals surface area contributed by atoms with Gasteiger partial charge >= 0.3 is 0 Å². The van der Waals surface area contributed by atoms with Gasteiger partial charge in [0.15, 0.2) is 0 Å². The molecule has 0 saturated heterocycles. The van der Waals surface area contributed by atoms with Crippen LogP contribution in [0.15, 0.2) is 24.3 Å². The zero-order valence-corrected chi connectivity index (χ0v) is 13.5. The highest BCUT2D eigenvalue weighted by Crippen LogP contribution is 2.29. The van der Waals surface area contributed by atoms with Crippen molar-refractivity contribution in [2.24, 2.45) is 11.8 Å². The molecule has 3 atom stereocenters. The van der Waals surface area contributed by atoms with Gasteiger partial charge in [0, 0.05) is 12.6 Å². The largest absolute Gasteiger partial charge is 0.327 e. The Hall–Kier alpha value is -1.35. The van der Waals surface area contributed by atoms with Gasteiger partial charge in [-0.2, -0.15) is 0 Å². The Morgan fingerprint density at radius 3 is 2.76 bits per heavy atom. The minimum absolute atomic E-state index is 0.654. The van der Waals surface area contributed by atoms with E-state index in [1.165, 1.54) is 30.6 Å². The molecule has 1 aliphatic carbocycles. The fourth-order valence-corrected chi connectivity index (χ4v) is 3.58. The van der Waals surface area contributed by atoms with Crippen molar-refractivity contribution in [2.45, 2.75) is 59.2 Å². The van der Waals surface area contributed by atoms with Crippen molar-refractivity contribution in [3.8, 4) is 0 Å². The maximum Gasteiger partial charge on any atom is 0.123 e. The van der Waals surface area contributed by atoms with Gasteiger partial charge in [0.05, 0.1) is 17.6 Å². The molecule has 1 saturated carbocycles. The first-order valence-corrected chi connectivity index (χ1v) is 8.36. The van der Waals surface area contributed by atoms with Gasteiger partial charge < -0.3 is 9.88 Å². The van der Waals surface area contributed by atoms with Gasteiger partial charge in [0.2, 0.25) is 0 Å². The molecule has 1 heterocycles. The lowest BCUT2D eigenvalue weighted by atomic mass is 9.79. The summed E-state index contributed by atoms with van der Waals surface area (Å²) in [6.45, 7) is 8.84. The van der Waals surface area contributed by atoms with Crippen LogP contribution < -0.4 is 5.32 Å². The van der Waals surface area contributed by atoms with Gasteiger partial charge in [-0.3, -0.25) is 0 Å². The Morgan fingerprint density at radius 1 is 1.19 bits per heavy atom. The Bertz CT molecular complexity index is 602. The number of hydrogen-bond acceptors (Lipinski definition) is 2. The van der Waals surface area contributed by atoms with Crippen molar-refractivity contribution in [3.63, 3.8) is 0 Å². The second-order valence-electron chi connectivity index (χ2n) is 6.61. The highest BCUT2D eigenvalue weighted by molar-refractivity contribution is 5.75. The number of aryl methyl sites for hydroxylation is 1. The lowest BCUT2D eigenvalue weighted by Gasteiger charge is -2.32. The molecule has 114 valence electrons. The van der Waals surface area contributed by atoms with E-state index < -0.39 is 0 Å². The fraction of sp³-hybridized carbons (Fsp3) is 0.611. The third kappa shape index (κ3) is 2.98. The third-order valence-corrected chi connectivity index (χ3v) is 5.20. The van der Waals surface area contributed by atoms with E-state index in [0.717, 1.165) is 30.4 Å². The first kappa shape index (κ1) is 14.6. The van der Waals surface area contributed by atoms with E-state index in [1.54, 1.807) is 0 Å². The quantitative estimate of drug-likeness (QED) is 0.921. The second-order valence-corrected chi connectivity index (χ2v) is 6.61. The minimum atomic E-state index is 0.654. The number of para-hydroxylation sites is 2. The SMILES string of the molecule is CCn1c(CNC2CCC(C)C(C)C2)nc2ccccc21. The van der Waals surface area contributed by atoms with Crippen LogP contribution in [0.4, 0.5) is 0 Å². The van der Waals surface area contributed by atoms with Crippen molar-refractivity contribution in [1.29, 1.82) is 0 Å². The number of fused-ring (bicyclic) bond motifs is 1. The number of imidazole rings is 1. The van der Waals surface area contributed by atoms with E-state index in [0.29, 0.717) is 6.04 Å². The summed E-state index contributed by atoms with van der Waals surface area (Å²) in [5, 5.41) is 3.74. The molecular formula is C18H27N3. The molecule has 21 heavy (non-hydrogen) atoms. The number of benzene rings is 1. The Kier molecular flexibility index (Phi) is 4.29. The zero-order chi connectivity index (χ0) is 14.8. The molecule has 3 rings (SSSR count). The van der Waals surface area contributed by atoms with Crippen LogP contribution in [-0.4, -0.2) is 15.6 Å².